The van der Waals surface area contributed by atoms with E-state index in [9.17, 15) is 9.59 Å². The van der Waals surface area contributed by atoms with Crippen molar-refractivity contribution < 1.29 is 9.59 Å². The summed E-state index contributed by atoms with van der Waals surface area (Å²) < 4.78 is 0. The number of hydrogen-bond acceptors (Lipinski definition) is 3. The Morgan fingerprint density at radius 1 is 0.886 bits per heavy atom. The van der Waals surface area contributed by atoms with Crippen molar-refractivity contribution in [3.63, 3.8) is 0 Å². The summed E-state index contributed by atoms with van der Waals surface area (Å²) in [5, 5.41) is 3.05. The van der Waals surface area contributed by atoms with Crippen LogP contribution in [0.25, 0.3) is 0 Å². The van der Waals surface area contributed by atoms with E-state index in [1.54, 1.807) is 16.7 Å². The monoisotopic (exact) mass is 488 g/mol. The highest BCUT2D eigenvalue weighted by molar-refractivity contribution is 7.99. The quantitative estimate of drug-likeness (QED) is 0.377. The van der Waals surface area contributed by atoms with Gasteiger partial charge in [0.25, 0.3) is 0 Å². The molecule has 0 heterocycles. The minimum Gasteiger partial charge on any atom is -0.352 e. The van der Waals surface area contributed by atoms with E-state index in [2.05, 4.69) is 30.4 Å². The van der Waals surface area contributed by atoms with Crippen LogP contribution >= 0.6 is 11.8 Å². The first-order valence-corrected chi connectivity index (χ1v) is 13.3. The Morgan fingerprint density at radius 2 is 1.57 bits per heavy atom. The maximum absolute atomic E-state index is 13.7. The first kappa shape index (κ1) is 26.6. The van der Waals surface area contributed by atoms with Crippen molar-refractivity contribution in [1.82, 2.24) is 10.2 Å². The number of benzene rings is 3. The molecule has 1 N–H and O–H groups in total. The number of aryl methyl sites for hydroxylation is 2. The summed E-state index contributed by atoms with van der Waals surface area (Å²) in [5.74, 6) is 0.942. The molecule has 35 heavy (non-hydrogen) atoms. The number of carbonyl (C=O) groups excluding carboxylic acids is 2. The molecule has 0 aliphatic carbocycles. The topological polar surface area (TPSA) is 49.4 Å². The average molecular weight is 489 g/mol. The zero-order valence-corrected chi connectivity index (χ0v) is 22.0. The van der Waals surface area contributed by atoms with Gasteiger partial charge in [0, 0.05) is 24.8 Å². The van der Waals surface area contributed by atoms with Gasteiger partial charge in [-0.15, -0.1) is 11.8 Å². The van der Waals surface area contributed by atoms with E-state index in [-0.39, 0.29) is 17.9 Å². The molecular formula is C30H36N2O2S. The summed E-state index contributed by atoms with van der Waals surface area (Å²) in [5.41, 5.74) is 5.65. The highest BCUT2D eigenvalue weighted by atomic mass is 32.2. The molecule has 0 fully saturated rings. The third kappa shape index (κ3) is 8.29. The van der Waals surface area contributed by atoms with Crippen molar-refractivity contribution in [3.05, 3.63) is 107 Å². The molecule has 0 aliphatic rings. The van der Waals surface area contributed by atoms with Crippen LogP contribution in [-0.4, -0.2) is 34.6 Å². The van der Waals surface area contributed by atoms with E-state index >= 15 is 0 Å². The second kappa shape index (κ2) is 13.1. The normalized spacial score (nSPS) is 11.8. The molecule has 4 nitrogen and oxygen atoms in total. The lowest BCUT2D eigenvalue weighted by molar-refractivity contribution is -0.139. The number of rotatable bonds is 11. The lowest BCUT2D eigenvalue weighted by Crippen LogP contribution is -2.52. The molecule has 0 spiro atoms. The zero-order valence-electron chi connectivity index (χ0n) is 21.2. The number of nitrogens with one attached hydrogen (secondary N) is 1. The lowest BCUT2D eigenvalue weighted by atomic mass is 10.0. The molecule has 0 aliphatic heterocycles. The van der Waals surface area contributed by atoms with Crippen LogP contribution in [0.2, 0.25) is 0 Å². The Kier molecular flexibility index (Phi) is 9.98. The second-order valence-corrected chi connectivity index (χ2v) is 10.3. The average Bonchev–Trinajstić information content (AvgIpc) is 2.82. The van der Waals surface area contributed by atoms with Crippen LogP contribution < -0.4 is 5.32 Å². The molecule has 0 radical (unpaired) electrons. The van der Waals surface area contributed by atoms with Crippen LogP contribution in [0.3, 0.4) is 0 Å². The Morgan fingerprint density at radius 3 is 2.26 bits per heavy atom. The van der Waals surface area contributed by atoms with Crippen molar-refractivity contribution in [3.8, 4) is 0 Å². The molecule has 3 aromatic rings. The van der Waals surface area contributed by atoms with Gasteiger partial charge in [0.15, 0.2) is 0 Å². The Hall–Kier alpha value is -3.05. The molecule has 3 aromatic carbocycles. The molecule has 1 atom stereocenters. The molecule has 2 amide bonds. The summed E-state index contributed by atoms with van der Waals surface area (Å²) in [7, 11) is 0. The van der Waals surface area contributed by atoms with E-state index < -0.39 is 6.04 Å². The predicted octanol–water partition coefficient (Wildman–Crippen LogP) is 5.70. The number of amides is 2. The maximum Gasteiger partial charge on any atom is 0.243 e. The van der Waals surface area contributed by atoms with Gasteiger partial charge in [-0.2, -0.15) is 0 Å². The molecule has 0 bridgehead atoms. The fourth-order valence-electron chi connectivity index (χ4n) is 4.05. The number of nitrogens with zero attached hydrogens (tertiary/aromatic N) is 1. The third-order valence-electron chi connectivity index (χ3n) is 5.88. The SMILES string of the molecule is Cc1cccc(CN(C(=O)CSCc2ccccc2C)C(Cc2ccccc2)C(=O)NC(C)C)c1. The van der Waals surface area contributed by atoms with Gasteiger partial charge < -0.3 is 10.2 Å². The number of thioether (sulfide) groups is 1. The van der Waals surface area contributed by atoms with Crippen LogP contribution in [-0.2, 0) is 28.3 Å². The van der Waals surface area contributed by atoms with E-state index in [0.29, 0.717) is 18.7 Å². The van der Waals surface area contributed by atoms with Gasteiger partial charge >= 0.3 is 0 Å². The van der Waals surface area contributed by atoms with Gasteiger partial charge in [0.2, 0.25) is 11.8 Å². The summed E-state index contributed by atoms with van der Waals surface area (Å²) >= 11 is 1.60. The lowest BCUT2D eigenvalue weighted by Gasteiger charge is -2.32. The van der Waals surface area contributed by atoms with Crippen LogP contribution in [0.1, 0.15) is 41.7 Å². The fourth-order valence-corrected chi connectivity index (χ4v) is 5.03. The summed E-state index contributed by atoms with van der Waals surface area (Å²) in [4.78, 5) is 28.8. The van der Waals surface area contributed by atoms with Gasteiger partial charge in [0.05, 0.1) is 5.75 Å². The largest absolute Gasteiger partial charge is 0.352 e. The van der Waals surface area contributed by atoms with E-state index in [1.165, 1.54) is 11.1 Å². The highest BCUT2D eigenvalue weighted by Gasteiger charge is 2.30. The Bertz CT molecular complexity index is 1110. The van der Waals surface area contributed by atoms with Gasteiger partial charge in [-0.05, 0) is 49.9 Å². The minimum absolute atomic E-state index is 0.00729. The van der Waals surface area contributed by atoms with E-state index in [1.807, 2.05) is 81.4 Å². The van der Waals surface area contributed by atoms with Crippen LogP contribution in [0.4, 0.5) is 0 Å². The van der Waals surface area contributed by atoms with Gasteiger partial charge in [-0.25, -0.2) is 0 Å². The molecule has 0 saturated carbocycles. The van der Waals surface area contributed by atoms with Crippen molar-refractivity contribution in [1.29, 1.82) is 0 Å². The Balaban J connectivity index is 1.85. The van der Waals surface area contributed by atoms with Crippen molar-refractivity contribution >= 4 is 23.6 Å². The van der Waals surface area contributed by atoms with E-state index in [0.717, 1.165) is 22.4 Å². The van der Waals surface area contributed by atoms with Crippen LogP contribution in [0, 0.1) is 13.8 Å². The van der Waals surface area contributed by atoms with E-state index in [4.69, 9.17) is 0 Å². The summed E-state index contributed by atoms with van der Waals surface area (Å²) in [6.45, 7) is 8.42. The standard InChI is InChI=1S/C30H36N2O2S/c1-22(2)31-30(34)28(18-25-13-6-5-7-14-25)32(19-26-15-10-11-23(3)17-26)29(33)21-35-20-27-16-9-8-12-24(27)4/h5-17,22,28H,18-21H2,1-4H3,(H,31,34). The minimum atomic E-state index is -0.591. The van der Waals surface area contributed by atoms with Gasteiger partial charge in [0.1, 0.15) is 6.04 Å². The second-order valence-electron chi connectivity index (χ2n) is 9.30. The predicted molar refractivity (Wildman–Crippen MR) is 146 cm³/mol. The molecule has 1 unspecified atom stereocenters. The summed E-state index contributed by atoms with van der Waals surface area (Å²) in [6, 6.07) is 25.7. The van der Waals surface area contributed by atoms with Crippen LogP contribution in [0.5, 0.6) is 0 Å². The number of hydrogen-bond donors (Lipinski definition) is 1. The molecule has 3 rings (SSSR count). The zero-order chi connectivity index (χ0) is 25.2. The first-order valence-electron chi connectivity index (χ1n) is 12.1. The molecule has 0 aromatic heterocycles. The molecular weight excluding hydrogens is 452 g/mol. The van der Waals surface area contributed by atoms with Crippen molar-refractivity contribution in [2.24, 2.45) is 0 Å². The van der Waals surface area contributed by atoms with Crippen LogP contribution in [0.15, 0.2) is 78.9 Å². The fraction of sp³-hybridized carbons (Fsp3) is 0.333. The maximum atomic E-state index is 13.7. The number of carbonyl (C=O) groups is 2. The Labute approximate surface area is 214 Å². The molecule has 0 saturated heterocycles. The van der Waals surface area contributed by atoms with Crippen molar-refractivity contribution in [2.45, 2.75) is 58.5 Å². The van der Waals surface area contributed by atoms with Gasteiger partial charge in [-0.1, -0.05) is 84.4 Å². The molecule has 184 valence electrons. The highest BCUT2D eigenvalue weighted by Crippen LogP contribution is 2.20. The smallest absolute Gasteiger partial charge is 0.243 e. The summed E-state index contributed by atoms with van der Waals surface area (Å²) in [6.07, 6.45) is 0.472. The third-order valence-corrected chi connectivity index (χ3v) is 6.85. The molecule has 5 heteroatoms. The first-order chi connectivity index (χ1) is 16.8. The van der Waals surface area contributed by atoms with Gasteiger partial charge in [-0.3, -0.25) is 9.59 Å². The van der Waals surface area contributed by atoms with Crippen molar-refractivity contribution in [2.75, 3.05) is 5.75 Å².